The molecule has 0 unspecified atom stereocenters. The number of aldehydes is 1. The van der Waals surface area contributed by atoms with Crippen LogP contribution in [0, 0.1) is 5.92 Å². The summed E-state index contributed by atoms with van der Waals surface area (Å²) in [7, 11) is 0. The Morgan fingerprint density at radius 2 is 2.00 bits per heavy atom. The molecular weight excluding hydrogens is 208 g/mol. The van der Waals surface area contributed by atoms with E-state index in [9.17, 15) is 14.7 Å². The van der Waals surface area contributed by atoms with Crippen molar-refractivity contribution >= 4 is 12.3 Å². The Morgan fingerprint density at radius 1 is 1.44 bits per heavy atom. The molecule has 4 heteroatoms. The molecule has 94 valence electrons. The molecule has 0 aliphatic rings. The smallest absolute Gasteiger partial charge is 0.336 e. The molecule has 0 radical (unpaired) electrons. The second kappa shape index (κ2) is 6.63. The lowest BCUT2D eigenvalue weighted by atomic mass is 9.97. The second-order valence-electron chi connectivity index (χ2n) is 4.92. The molecule has 2 atom stereocenters. The lowest BCUT2D eigenvalue weighted by Crippen LogP contribution is -2.37. The highest BCUT2D eigenvalue weighted by molar-refractivity contribution is 5.79. The van der Waals surface area contributed by atoms with Gasteiger partial charge in [0.05, 0.1) is 5.92 Å². The Morgan fingerprint density at radius 3 is 2.38 bits per heavy atom. The zero-order chi connectivity index (χ0) is 12.8. The van der Waals surface area contributed by atoms with E-state index in [2.05, 4.69) is 0 Å². The largest absolute Gasteiger partial charge is 0.458 e. The van der Waals surface area contributed by atoms with Crippen LogP contribution in [0.4, 0.5) is 0 Å². The van der Waals surface area contributed by atoms with Crippen LogP contribution in [0.3, 0.4) is 0 Å². The van der Waals surface area contributed by atoms with E-state index in [1.165, 1.54) is 0 Å². The third-order valence-corrected chi connectivity index (χ3v) is 2.12. The first kappa shape index (κ1) is 15.1. The van der Waals surface area contributed by atoms with Crippen LogP contribution in [0.15, 0.2) is 0 Å². The van der Waals surface area contributed by atoms with Crippen molar-refractivity contribution in [2.24, 2.45) is 5.92 Å². The minimum atomic E-state index is -1.34. The second-order valence-corrected chi connectivity index (χ2v) is 4.92. The number of esters is 1. The summed E-state index contributed by atoms with van der Waals surface area (Å²) in [5.41, 5.74) is -0.643. The third kappa shape index (κ3) is 5.85. The van der Waals surface area contributed by atoms with E-state index in [-0.39, 0.29) is 0 Å². The van der Waals surface area contributed by atoms with E-state index in [0.717, 1.165) is 12.8 Å². The van der Waals surface area contributed by atoms with Crippen LogP contribution >= 0.6 is 0 Å². The number of hydrogen-bond acceptors (Lipinski definition) is 4. The monoisotopic (exact) mass is 230 g/mol. The van der Waals surface area contributed by atoms with Crippen LogP contribution in [0.5, 0.6) is 0 Å². The van der Waals surface area contributed by atoms with Crippen LogP contribution in [-0.4, -0.2) is 29.1 Å². The summed E-state index contributed by atoms with van der Waals surface area (Å²) in [5.74, 6) is -1.38. The maximum atomic E-state index is 11.5. The van der Waals surface area contributed by atoms with Gasteiger partial charge in [0, 0.05) is 0 Å². The van der Waals surface area contributed by atoms with Gasteiger partial charge in [-0.1, -0.05) is 19.8 Å². The van der Waals surface area contributed by atoms with Crippen molar-refractivity contribution < 1.29 is 19.4 Å². The van der Waals surface area contributed by atoms with E-state index in [1.54, 1.807) is 20.8 Å². The fourth-order valence-corrected chi connectivity index (χ4v) is 1.28. The van der Waals surface area contributed by atoms with Gasteiger partial charge in [-0.25, -0.2) is 4.79 Å². The van der Waals surface area contributed by atoms with Gasteiger partial charge in [0.15, 0.2) is 6.10 Å². The summed E-state index contributed by atoms with van der Waals surface area (Å²) in [5, 5.41) is 9.66. The molecule has 0 saturated carbocycles. The van der Waals surface area contributed by atoms with Crippen molar-refractivity contribution in [2.75, 3.05) is 0 Å². The Kier molecular flexibility index (Phi) is 6.26. The molecule has 0 aromatic rings. The van der Waals surface area contributed by atoms with Crippen LogP contribution in [0.25, 0.3) is 0 Å². The van der Waals surface area contributed by atoms with Gasteiger partial charge in [-0.2, -0.15) is 0 Å². The van der Waals surface area contributed by atoms with Crippen LogP contribution in [-0.2, 0) is 14.3 Å². The van der Waals surface area contributed by atoms with Gasteiger partial charge in [0.1, 0.15) is 11.9 Å². The minimum Gasteiger partial charge on any atom is -0.458 e. The topological polar surface area (TPSA) is 63.6 Å². The molecule has 0 fully saturated rings. The van der Waals surface area contributed by atoms with E-state index in [4.69, 9.17) is 4.74 Å². The van der Waals surface area contributed by atoms with Crippen molar-refractivity contribution in [1.29, 1.82) is 0 Å². The summed E-state index contributed by atoms with van der Waals surface area (Å²) in [4.78, 5) is 22.2. The highest BCUT2D eigenvalue weighted by atomic mass is 16.6. The number of aliphatic hydroxyl groups excluding tert-OH is 1. The first-order chi connectivity index (χ1) is 7.31. The maximum Gasteiger partial charge on any atom is 0.336 e. The number of hydrogen-bond donors (Lipinski definition) is 1. The molecule has 0 aromatic carbocycles. The SMILES string of the molecule is CCCC[C@@H](C=O)[C@@H](O)C(=O)OC(C)(C)C. The number of carbonyl (C=O) groups is 2. The molecule has 0 rings (SSSR count). The Labute approximate surface area is 97.0 Å². The molecule has 0 amide bonds. The fourth-order valence-electron chi connectivity index (χ4n) is 1.28. The van der Waals surface area contributed by atoms with Crippen LogP contribution in [0.1, 0.15) is 47.0 Å². The van der Waals surface area contributed by atoms with E-state index in [1.807, 2.05) is 6.92 Å². The predicted molar refractivity (Wildman–Crippen MR) is 60.9 cm³/mol. The van der Waals surface area contributed by atoms with Gasteiger partial charge in [-0.15, -0.1) is 0 Å². The number of rotatable bonds is 6. The zero-order valence-corrected chi connectivity index (χ0v) is 10.5. The molecule has 0 aromatic heterocycles. The van der Waals surface area contributed by atoms with Crippen molar-refractivity contribution in [1.82, 2.24) is 0 Å². The van der Waals surface area contributed by atoms with Crippen molar-refractivity contribution in [2.45, 2.75) is 58.7 Å². The average molecular weight is 230 g/mol. The minimum absolute atomic E-state index is 0.514. The van der Waals surface area contributed by atoms with Crippen molar-refractivity contribution in [3.63, 3.8) is 0 Å². The summed E-state index contributed by atoms with van der Waals surface area (Å²) in [6.45, 7) is 7.15. The van der Waals surface area contributed by atoms with Crippen molar-refractivity contribution in [3.8, 4) is 0 Å². The Hall–Kier alpha value is -0.900. The summed E-state index contributed by atoms with van der Waals surface area (Å²) < 4.78 is 5.01. The molecule has 16 heavy (non-hydrogen) atoms. The van der Waals surface area contributed by atoms with Crippen molar-refractivity contribution in [3.05, 3.63) is 0 Å². The van der Waals surface area contributed by atoms with Crippen LogP contribution in [0.2, 0.25) is 0 Å². The van der Waals surface area contributed by atoms with Gasteiger partial charge in [-0.05, 0) is 27.2 Å². The summed E-state index contributed by atoms with van der Waals surface area (Å²) >= 11 is 0. The maximum absolute atomic E-state index is 11.5. The lowest BCUT2D eigenvalue weighted by molar-refractivity contribution is -0.168. The average Bonchev–Trinajstić information content (AvgIpc) is 2.16. The first-order valence-electron chi connectivity index (χ1n) is 5.68. The Bertz CT molecular complexity index is 230. The number of aliphatic hydroxyl groups is 1. The predicted octanol–water partition coefficient (Wildman–Crippen LogP) is 1.69. The summed E-state index contributed by atoms with van der Waals surface area (Å²) in [6.07, 6.45) is 1.53. The zero-order valence-electron chi connectivity index (χ0n) is 10.5. The highest BCUT2D eigenvalue weighted by Crippen LogP contribution is 2.15. The standard InChI is InChI=1S/C12H22O4/c1-5-6-7-9(8-13)10(14)11(15)16-12(2,3)4/h8-10,14H,5-7H2,1-4H3/t9-,10+/m0/s1. The van der Waals surface area contributed by atoms with Gasteiger partial charge in [0.2, 0.25) is 0 Å². The first-order valence-corrected chi connectivity index (χ1v) is 5.68. The van der Waals surface area contributed by atoms with Gasteiger partial charge < -0.3 is 14.6 Å². The summed E-state index contributed by atoms with van der Waals surface area (Å²) in [6, 6.07) is 0. The molecule has 0 saturated heterocycles. The number of unbranched alkanes of at least 4 members (excludes halogenated alkanes) is 1. The molecule has 1 N–H and O–H groups in total. The molecule has 0 aliphatic carbocycles. The third-order valence-electron chi connectivity index (χ3n) is 2.12. The highest BCUT2D eigenvalue weighted by Gasteiger charge is 2.29. The molecular formula is C12H22O4. The fraction of sp³-hybridized carbons (Fsp3) is 0.833. The molecule has 0 heterocycles. The van der Waals surface area contributed by atoms with E-state index >= 15 is 0 Å². The quantitative estimate of drug-likeness (QED) is 0.557. The van der Waals surface area contributed by atoms with E-state index < -0.39 is 23.6 Å². The normalized spacial score (nSPS) is 15.3. The van der Waals surface area contributed by atoms with E-state index in [0.29, 0.717) is 12.7 Å². The molecule has 4 nitrogen and oxygen atoms in total. The molecule has 0 spiro atoms. The molecule has 0 bridgehead atoms. The van der Waals surface area contributed by atoms with Gasteiger partial charge in [-0.3, -0.25) is 0 Å². The van der Waals surface area contributed by atoms with Gasteiger partial charge >= 0.3 is 5.97 Å². The molecule has 0 aliphatic heterocycles. The van der Waals surface area contributed by atoms with Crippen LogP contribution < -0.4 is 0 Å². The lowest BCUT2D eigenvalue weighted by Gasteiger charge is -2.23. The Balaban J connectivity index is 4.32. The number of ether oxygens (including phenoxy) is 1. The number of carbonyl (C=O) groups excluding carboxylic acids is 2. The van der Waals surface area contributed by atoms with Gasteiger partial charge in [0.25, 0.3) is 0 Å².